The van der Waals surface area contributed by atoms with Crippen molar-refractivity contribution in [1.29, 1.82) is 0 Å². The maximum atomic E-state index is 13.3. The molecule has 2 N–H and O–H groups in total. The molecule has 0 radical (unpaired) electrons. The van der Waals surface area contributed by atoms with Crippen molar-refractivity contribution in [3.05, 3.63) is 35.6 Å². The summed E-state index contributed by atoms with van der Waals surface area (Å²) < 4.78 is 18.3. The van der Waals surface area contributed by atoms with Gasteiger partial charge in [0.2, 0.25) is 5.60 Å². The molecule has 7 heteroatoms. The molecule has 0 aromatic heterocycles. The molecule has 0 bridgehead atoms. The van der Waals surface area contributed by atoms with Crippen LogP contribution in [0.4, 0.5) is 4.39 Å². The number of oxime groups is 1. The molecule has 0 amide bonds. The van der Waals surface area contributed by atoms with Crippen molar-refractivity contribution < 1.29 is 18.8 Å². The Morgan fingerprint density at radius 3 is 2.90 bits per heavy atom. The molecule has 0 aliphatic carbocycles. The van der Waals surface area contributed by atoms with Gasteiger partial charge in [0.05, 0.1) is 12.3 Å². The number of nitrogens with zero attached hydrogens (tertiary/aromatic N) is 1. The molecule has 1 aliphatic heterocycles. The zero-order valence-corrected chi connectivity index (χ0v) is 12.5. The lowest BCUT2D eigenvalue weighted by atomic mass is 9.89. The third-order valence-electron chi connectivity index (χ3n) is 3.10. The lowest BCUT2D eigenvalue weighted by Gasteiger charge is -2.24. The van der Waals surface area contributed by atoms with Crippen molar-refractivity contribution in [2.75, 3.05) is 13.2 Å². The molecular weight excluding hydrogens is 299 g/mol. The van der Waals surface area contributed by atoms with Gasteiger partial charge in [-0.3, -0.25) is 0 Å². The first-order valence-electron chi connectivity index (χ1n) is 6.45. The van der Waals surface area contributed by atoms with E-state index in [0.29, 0.717) is 11.3 Å². The molecule has 1 aliphatic rings. The molecular formula is C14H18ClFN2O3. The number of carbonyl (C=O) groups is 1. The molecule has 1 unspecified atom stereocenters. The summed E-state index contributed by atoms with van der Waals surface area (Å²) in [5.41, 5.74) is 5.52. The number of hydrogen-bond donors (Lipinski definition) is 1. The number of nitrogens with two attached hydrogens (primary N) is 1. The van der Waals surface area contributed by atoms with Crippen LogP contribution in [0.1, 0.15) is 18.9 Å². The van der Waals surface area contributed by atoms with E-state index in [2.05, 4.69) is 5.16 Å². The van der Waals surface area contributed by atoms with Gasteiger partial charge in [0, 0.05) is 19.4 Å². The summed E-state index contributed by atoms with van der Waals surface area (Å²) in [7, 11) is 0. The fraction of sp³-hybridized carbons (Fsp3) is 0.429. The van der Waals surface area contributed by atoms with E-state index in [0.717, 1.165) is 0 Å². The summed E-state index contributed by atoms with van der Waals surface area (Å²) in [4.78, 5) is 17.5. The summed E-state index contributed by atoms with van der Waals surface area (Å²) in [6, 6.07) is 6.03. The first-order chi connectivity index (χ1) is 9.59. The van der Waals surface area contributed by atoms with Gasteiger partial charge in [-0.2, -0.15) is 0 Å². The molecule has 116 valence electrons. The normalized spacial score (nSPS) is 20.2. The monoisotopic (exact) mass is 316 g/mol. The Bertz CT molecular complexity index is 539. The highest BCUT2D eigenvalue weighted by Gasteiger charge is 2.47. The highest BCUT2D eigenvalue weighted by atomic mass is 35.5. The van der Waals surface area contributed by atoms with E-state index in [9.17, 15) is 9.18 Å². The standard InChI is InChI=1S/C14H17FN2O3.ClH/c1-2-19-13(18)14(8-12(9-16)17-20-14)7-10-4-3-5-11(15)6-10;/h3-6H,2,7-9,16H2,1H3;1H. The zero-order valence-electron chi connectivity index (χ0n) is 11.7. The molecule has 0 spiro atoms. The minimum Gasteiger partial charge on any atom is -0.463 e. The second-order valence-corrected chi connectivity index (χ2v) is 4.65. The van der Waals surface area contributed by atoms with Crippen LogP contribution in [0.5, 0.6) is 0 Å². The number of hydrogen-bond acceptors (Lipinski definition) is 5. The summed E-state index contributed by atoms with van der Waals surface area (Å²) in [6.07, 6.45) is 0.454. The SMILES string of the molecule is CCOC(=O)C1(Cc2cccc(F)c2)CC(CN)=NO1.Cl. The van der Waals surface area contributed by atoms with Gasteiger partial charge in [-0.25, -0.2) is 9.18 Å². The Labute approximate surface area is 128 Å². The Kier molecular flexibility index (Phi) is 6.11. The van der Waals surface area contributed by atoms with Gasteiger partial charge in [0.1, 0.15) is 5.82 Å². The highest BCUT2D eigenvalue weighted by Crippen LogP contribution is 2.30. The minimum absolute atomic E-state index is 0. The van der Waals surface area contributed by atoms with E-state index < -0.39 is 11.6 Å². The minimum atomic E-state index is -1.24. The van der Waals surface area contributed by atoms with Gasteiger partial charge in [0.15, 0.2) is 0 Å². The van der Waals surface area contributed by atoms with Crippen LogP contribution in [0.2, 0.25) is 0 Å². The Hall–Kier alpha value is -1.66. The second kappa shape index (κ2) is 7.38. The molecule has 5 nitrogen and oxygen atoms in total. The van der Waals surface area contributed by atoms with Crippen LogP contribution in [0, 0.1) is 5.82 Å². The zero-order chi connectivity index (χ0) is 14.6. The fourth-order valence-corrected chi connectivity index (χ4v) is 2.17. The number of benzene rings is 1. The van der Waals surface area contributed by atoms with Crippen LogP contribution in [0.3, 0.4) is 0 Å². The Balaban J connectivity index is 0.00000220. The smallest absolute Gasteiger partial charge is 0.354 e. The number of ether oxygens (including phenoxy) is 1. The fourth-order valence-electron chi connectivity index (χ4n) is 2.17. The van der Waals surface area contributed by atoms with Crippen molar-refractivity contribution in [3.63, 3.8) is 0 Å². The van der Waals surface area contributed by atoms with Gasteiger partial charge in [-0.05, 0) is 24.6 Å². The molecule has 0 fully saturated rings. The van der Waals surface area contributed by atoms with Gasteiger partial charge >= 0.3 is 5.97 Å². The predicted molar refractivity (Wildman–Crippen MR) is 78.9 cm³/mol. The van der Waals surface area contributed by atoms with E-state index >= 15 is 0 Å². The lowest BCUT2D eigenvalue weighted by molar-refractivity contribution is -0.168. The lowest BCUT2D eigenvalue weighted by Crippen LogP contribution is -2.43. The maximum Gasteiger partial charge on any atom is 0.354 e. The van der Waals surface area contributed by atoms with E-state index in [1.165, 1.54) is 12.1 Å². The second-order valence-electron chi connectivity index (χ2n) is 4.65. The van der Waals surface area contributed by atoms with Gasteiger partial charge in [-0.1, -0.05) is 17.3 Å². The van der Waals surface area contributed by atoms with E-state index in [4.69, 9.17) is 15.3 Å². The third kappa shape index (κ3) is 3.92. The van der Waals surface area contributed by atoms with Gasteiger partial charge < -0.3 is 15.3 Å². The Morgan fingerprint density at radius 2 is 2.33 bits per heavy atom. The first-order valence-corrected chi connectivity index (χ1v) is 6.45. The number of halogens is 2. The van der Waals surface area contributed by atoms with Crippen molar-refractivity contribution in [3.8, 4) is 0 Å². The van der Waals surface area contributed by atoms with Crippen LogP contribution in [0.25, 0.3) is 0 Å². The van der Waals surface area contributed by atoms with Gasteiger partial charge in [-0.15, -0.1) is 12.4 Å². The molecule has 1 aromatic carbocycles. The van der Waals surface area contributed by atoms with E-state index in [1.807, 2.05) is 0 Å². The van der Waals surface area contributed by atoms with Crippen LogP contribution in [-0.2, 0) is 20.8 Å². The summed E-state index contributed by atoms with van der Waals surface area (Å²) in [6.45, 7) is 2.17. The van der Waals surface area contributed by atoms with Crippen molar-refractivity contribution in [1.82, 2.24) is 0 Å². The number of rotatable bonds is 5. The summed E-state index contributed by atoms with van der Waals surface area (Å²) in [5.74, 6) is -0.865. The third-order valence-corrected chi connectivity index (χ3v) is 3.10. The molecule has 1 aromatic rings. The summed E-state index contributed by atoms with van der Waals surface area (Å²) in [5, 5.41) is 3.83. The largest absolute Gasteiger partial charge is 0.463 e. The van der Waals surface area contributed by atoms with Crippen molar-refractivity contribution in [2.24, 2.45) is 10.9 Å². The first kappa shape index (κ1) is 17.4. The van der Waals surface area contributed by atoms with Crippen LogP contribution < -0.4 is 5.73 Å². The average molecular weight is 317 g/mol. The Morgan fingerprint density at radius 1 is 1.57 bits per heavy atom. The summed E-state index contributed by atoms with van der Waals surface area (Å²) >= 11 is 0. The van der Waals surface area contributed by atoms with Crippen LogP contribution in [0.15, 0.2) is 29.4 Å². The van der Waals surface area contributed by atoms with Crippen molar-refractivity contribution in [2.45, 2.75) is 25.4 Å². The molecule has 0 saturated heterocycles. The molecule has 2 rings (SSSR count). The average Bonchev–Trinajstić information content (AvgIpc) is 2.84. The number of carbonyl (C=O) groups excluding carboxylic acids is 1. The van der Waals surface area contributed by atoms with Crippen LogP contribution >= 0.6 is 12.4 Å². The molecule has 1 atom stereocenters. The quantitative estimate of drug-likeness (QED) is 0.841. The highest BCUT2D eigenvalue weighted by molar-refractivity contribution is 5.94. The van der Waals surface area contributed by atoms with E-state index in [-0.39, 0.29) is 44.2 Å². The predicted octanol–water partition coefficient (Wildman–Crippen LogP) is 1.83. The molecule has 0 saturated carbocycles. The maximum absolute atomic E-state index is 13.3. The number of esters is 1. The molecule has 21 heavy (non-hydrogen) atoms. The molecule has 1 heterocycles. The van der Waals surface area contributed by atoms with Crippen LogP contribution in [-0.4, -0.2) is 30.4 Å². The van der Waals surface area contributed by atoms with Crippen molar-refractivity contribution >= 4 is 24.1 Å². The van der Waals surface area contributed by atoms with Gasteiger partial charge in [0.25, 0.3) is 0 Å². The topological polar surface area (TPSA) is 73.9 Å². The van der Waals surface area contributed by atoms with E-state index in [1.54, 1.807) is 19.1 Å².